The van der Waals surface area contributed by atoms with Crippen molar-refractivity contribution in [2.45, 2.75) is 6.54 Å². The number of nitrogens with zero attached hydrogens (tertiary/aromatic N) is 7. The summed E-state index contributed by atoms with van der Waals surface area (Å²) in [6.07, 6.45) is 1.68. The number of aromatic nitrogens is 3. The van der Waals surface area contributed by atoms with E-state index in [9.17, 15) is 5.11 Å². The van der Waals surface area contributed by atoms with E-state index in [-0.39, 0.29) is 12.3 Å². The first kappa shape index (κ1) is 17.0. The highest BCUT2D eigenvalue weighted by Crippen LogP contribution is 2.28. The van der Waals surface area contributed by atoms with Crippen LogP contribution in [-0.2, 0) is 11.3 Å². The molecule has 1 N–H and O–H groups in total. The number of aromatic hydroxyl groups is 1. The fourth-order valence-corrected chi connectivity index (χ4v) is 3.01. The molecule has 0 radical (unpaired) electrons. The number of azide groups is 1. The Bertz CT molecular complexity index is 1030. The van der Waals surface area contributed by atoms with Gasteiger partial charge in [0.05, 0.1) is 25.3 Å². The van der Waals surface area contributed by atoms with Gasteiger partial charge in [-0.2, -0.15) is 0 Å². The van der Waals surface area contributed by atoms with Crippen molar-refractivity contribution in [2.75, 3.05) is 31.2 Å². The van der Waals surface area contributed by atoms with Crippen molar-refractivity contribution in [1.82, 2.24) is 15.0 Å². The maximum absolute atomic E-state index is 9.81. The first-order valence-electron chi connectivity index (χ1n) is 8.54. The molecule has 1 aliphatic rings. The van der Waals surface area contributed by atoms with Crippen LogP contribution in [0.1, 0.15) is 5.56 Å². The number of morpholine rings is 1. The smallest absolute Gasteiger partial charge is 0.162 e. The number of benzene rings is 1. The predicted molar refractivity (Wildman–Crippen MR) is 100 cm³/mol. The lowest BCUT2D eigenvalue weighted by molar-refractivity contribution is 0.122. The summed E-state index contributed by atoms with van der Waals surface area (Å²) in [5.74, 6) is 1.39. The van der Waals surface area contributed by atoms with Crippen LogP contribution < -0.4 is 4.90 Å². The summed E-state index contributed by atoms with van der Waals surface area (Å²) >= 11 is 0. The Labute approximate surface area is 154 Å². The third-order valence-corrected chi connectivity index (χ3v) is 4.31. The molecule has 27 heavy (non-hydrogen) atoms. The van der Waals surface area contributed by atoms with Crippen LogP contribution >= 0.6 is 0 Å². The third-order valence-electron chi connectivity index (χ3n) is 4.31. The quantitative estimate of drug-likeness (QED) is 0.432. The minimum Gasteiger partial charge on any atom is -0.508 e. The van der Waals surface area contributed by atoms with E-state index in [1.165, 1.54) is 0 Å². The highest BCUT2D eigenvalue weighted by atomic mass is 16.5. The minimum absolute atomic E-state index is 0.152. The van der Waals surface area contributed by atoms with Crippen LogP contribution in [0.15, 0.2) is 41.6 Å². The summed E-state index contributed by atoms with van der Waals surface area (Å²) in [6.45, 7) is 2.89. The third kappa shape index (κ3) is 3.59. The molecule has 9 heteroatoms. The topological polar surface area (TPSA) is 120 Å². The van der Waals surface area contributed by atoms with Gasteiger partial charge in [0.15, 0.2) is 11.6 Å². The molecule has 1 fully saturated rings. The van der Waals surface area contributed by atoms with Crippen molar-refractivity contribution >= 4 is 16.9 Å². The van der Waals surface area contributed by atoms with Crippen LogP contribution in [0.3, 0.4) is 0 Å². The Morgan fingerprint density at radius 3 is 2.85 bits per heavy atom. The van der Waals surface area contributed by atoms with Crippen molar-refractivity contribution in [1.29, 1.82) is 0 Å². The standard InChI is InChI=1S/C18H17N7O2/c19-24-21-11-12-8-15-16(20-10-12)18(25-4-6-27-7-5-25)23-17(22-15)13-2-1-3-14(26)9-13/h1-3,8-10,26H,4-7,11H2. The summed E-state index contributed by atoms with van der Waals surface area (Å²) in [7, 11) is 0. The summed E-state index contributed by atoms with van der Waals surface area (Å²) in [6, 6.07) is 8.69. The zero-order chi connectivity index (χ0) is 18.6. The van der Waals surface area contributed by atoms with Crippen LogP contribution in [-0.4, -0.2) is 46.4 Å². The van der Waals surface area contributed by atoms with Gasteiger partial charge < -0.3 is 14.7 Å². The Morgan fingerprint density at radius 2 is 2.07 bits per heavy atom. The summed E-state index contributed by atoms with van der Waals surface area (Å²) in [5, 5.41) is 13.4. The molecular weight excluding hydrogens is 346 g/mol. The number of anilines is 1. The maximum atomic E-state index is 9.81. The lowest BCUT2D eigenvalue weighted by atomic mass is 10.2. The number of phenols is 1. The number of pyridine rings is 1. The van der Waals surface area contributed by atoms with Crippen LogP contribution in [0.25, 0.3) is 32.9 Å². The van der Waals surface area contributed by atoms with Gasteiger partial charge in [-0.1, -0.05) is 17.2 Å². The molecule has 136 valence electrons. The molecule has 0 bridgehead atoms. The second-order valence-electron chi connectivity index (χ2n) is 6.12. The van der Waals surface area contributed by atoms with Crippen molar-refractivity contribution in [3.8, 4) is 17.1 Å². The molecule has 1 aromatic carbocycles. The highest BCUT2D eigenvalue weighted by molar-refractivity contribution is 5.88. The molecule has 1 aliphatic heterocycles. The van der Waals surface area contributed by atoms with Gasteiger partial charge in [0.2, 0.25) is 0 Å². The second-order valence-corrected chi connectivity index (χ2v) is 6.12. The number of hydrogen-bond acceptors (Lipinski definition) is 7. The van der Waals surface area contributed by atoms with Crippen LogP contribution in [0, 0.1) is 0 Å². The molecule has 0 spiro atoms. The molecule has 2 aromatic heterocycles. The van der Waals surface area contributed by atoms with E-state index in [4.69, 9.17) is 15.3 Å². The molecular formula is C18H17N7O2. The van der Waals surface area contributed by atoms with Crippen LogP contribution in [0.5, 0.6) is 5.75 Å². The molecule has 9 nitrogen and oxygen atoms in total. The number of phenolic OH excluding ortho intramolecular Hbond substituents is 1. The zero-order valence-electron chi connectivity index (χ0n) is 14.5. The van der Waals surface area contributed by atoms with E-state index >= 15 is 0 Å². The number of hydrogen-bond donors (Lipinski definition) is 1. The molecule has 3 aromatic rings. The van der Waals surface area contributed by atoms with E-state index in [1.807, 2.05) is 12.1 Å². The van der Waals surface area contributed by atoms with Gasteiger partial charge >= 0.3 is 0 Å². The molecule has 1 saturated heterocycles. The second kappa shape index (κ2) is 7.45. The molecule has 0 unspecified atom stereocenters. The average Bonchev–Trinajstić information content (AvgIpc) is 2.72. The monoisotopic (exact) mass is 363 g/mol. The van der Waals surface area contributed by atoms with Crippen LogP contribution in [0.2, 0.25) is 0 Å². The first-order valence-corrected chi connectivity index (χ1v) is 8.54. The van der Waals surface area contributed by atoms with Gasteiger partial charge in [-0.05, 0) is 29.3 Å². The van der Waals surface area contributed by atoms with Crippen molar-refractivity contribution in [3.05, 3.63) is 52.5 Å². The van der Waals surface area contributed by atoms with Crippen molar-refractivity contribution in [2.24, 2.45) is 5.11 Å². The Kier molecular flexibility index (Phi) is 4.69. The van der Waals surface area contributed by atoms with Crippen LogP contribution in [0.4, 0.5) is 5.82 Å². The summed E-state index contributed by atoms with van der Waals surface area (Å²) in [5.41, 5.74) is 11.4. The Balaban J connectivity index is 1.88. The van der Waals surface area contributed by atoms with Gasteiger partial charge in [0.25, 0.3) is 0 Å². The highest BCUT2D eigenvalue weighted by Gasteiger charge is 2.19. The normalized spacial score (nSPS) is 14.1. The van der Waals surface area contributed by atoms with Crippen molar-refractivity contribution in [3.63, 3.8) is 0 Å². The molecule has 3 heterocycles. The molecule has 0 aliphatic carbocycles. The fraction of sp³-hybridized carbons (Fsp3) is 0.278. The average molecular weight is 363 g/mol. The van der Waals surface area contributed by atoms with Gasteiger partial charge in [-0.25, -0.2) is 9.97 Å². The molecule has 0 saturated carbocycles. The van der Waals surface area contributed by atoms with E-state index in [0.717, 1.165) is 11.4 Å². The minimum atomic E-state index is 0.152. The summed E-state index contributed by atoms with van der Waals surface area (Å²) < 4.78 is 5.44. The Hall–Kier alpha value is -3.42. The van der Waals surface area contributed by atoms with Gasteiger partial charge in [-0.15, -0.1) is 0 Å². The Morgan fingerprint density at radius 1 is 1.22 bits per heavy atom. The van der Waals surface area contributed by atoms with Gasteiger partial charge in [0.1, 0.15) is 11.3 Å². The molecule has 4 rings (SSSR count). The first-order chi connectivity index (χ1) is 13.2. The predicted octanol–water partition coefficient (Wildman–Crippen LogP) is 3.04. The largest absolute Gasteiger partial charge is 0.508 e. The van der Waals surface area contributed by atoms with Gasteiger partial charge in [-0.3, -0.25) is 4.98 Å². The summed E-state index contributed by atoms with van der Waals surface area (Å²) in [4.78, 5) is 18.8. The van der Waals surface area contributed by atoms with E-state index in [2.05, 4.69) is 24.9 Å². The maximum Gasteiger partial charge on any atom is 0.162 e. The lowest BCUT2D eigenvalue weighted by Gasteiger charge is -2.28. The lowest BCUT2D eigenvalue weighted by Crippen LogP contribution is -2.37. The number of rotatable bonds is 4. The zero-order valence-corrected chi connectivity index (χ0v) is 14.5. The molecule has 0 atom stereocenters. The number of fused-ring (bicyclic) bond motifs is 1. The fourth-order valence-electron chi connectivity index (χ4n) is 3.01. The van der Waals surface area contributed by atoms with Crippen molar-refractivity contribution < 1.29 is 9.84 Å². The molecule has 0 amide bonds. The number of ether oxygens (including phenoxy) is 1. The van der Waals surface area contributed by atoms with Gasteiger partial charge in [0, 0.05) is 29.8 Å². The van der Waals surface area contributed by atoms with E-state index < -0.39 is 0 Å². The SMILES string of the molecule is [N-]=[N+]=NCc1cnc2c(N3CCOCC3)nc(-c3cccc(O)c3)nc2c1. The van der Waals surface area contributed by atoms with E-state index in [0.29, 0.717) is 48.7 Å². The van der Waals surface area contributed by atoms with E-state index in [1.54, 1.807) is 24.4 Å².